The Bertz CT molecular complexity index is 522. The third-order valence-electron chi connectivity index (χ3n) is 3.94. The first-order valence-electron chi connectivity index (χ1n) is 9.53. The fourth-order valence-electron chi connectivity index (χ4n) is 2.60. The van der Waals surface area contributed by atoms with E-state index in [4.69, 9.17) is 9.47 Å². The van der Waals surface area contributed by atoms with Gasteiger partial charge in [0, 0.05) is 0 Å². The molecule has 0 radical (unpaired) electrons. The second-order valence-corrected chi connectivity index (χ2v) is 6.61. The summed E-state index contributed by atoms with van der Waals surface area (Å²) in [5.41, 5.74) is 0.532. The van der Waals surface area contributed by atoms with Crippen LogP contribution in [0, 0.1) is 0 Å². The smallest absolute Gasteiger partial charge is 0.339 e. The lowest BCUT2D eigenvalue weighted by Gasteiger charge is -2.11. The maximum absolute atomic E-state index is 12.2. The lowest BCUT2D eigenvalue weighted by molar-refractivity contribution is 0.0360. The molecule has 0 fully saturated rings. The predicted octanol–water partition coefficient (Wildman–Crippen LogP) is 5.55. The quantitative estimate of drug-likeness (QED) is 0.367. The van der Waals surface area contributed by atoms with Gasteiger partial charge in [0.1, 0.15) is 0 Å². The number of esters is 2. The summed E-state index contributed by atoms with van der Waals surface area (Å²) in [6, 6.07) is 6.63. The lowest BCUT2D eigenvalue weighted by atomic mass is 10.1. The van der Waals surface area contributed by atoms with E-state index in [1.165, 1.54) is 38.5 Å². The lowest BCUT2D eigenvalue weighted by Crippen LogP contribution is -2.17. The van der Waals surface area contributed by atoms with Gasteiger partial charge in [-0.2, -0.15) is 0 Å². The zero-order valence-electron chi connectivity index (χ0n) is 15.9. The van der Waals surface area contributed by atoms with E-state index in [1.807, 2.05) is 0 Å². The molecule has 0 aliphatic carbocycles. The highest BCUT2D eigenvalue weighted by molar-refractivity contribution is 6.03. The number of carbonyl (C=O) groups excluding carboxylic acids is 2. The van der Waals surface area contributed by atoms with Crippen molar-refractivity contribution in [1.82, 2.24) is 0 Å². The molecule has 0 spiro atoms. The first kappa shape index (κ1) is 21.2. The molecule has 0 amide bonds. The first-order chi connectivity index (χ1) is 12.1. The van der Waals surface area contributed by atoms with E-state index >= 15 is 0 Å². The van der Waals surface area contributed by atoms with Crippen LogP contribution in [0.1, 0.15) is 92.9 Å². The average molecular weight is 348 g/mol. The molecule has 0 saturated carbocycles. The number of hydrogen-bond acceptors (Lipinski definition) is 4. The van der Waals surface area contributed by atoms with Crippen molar-refractivity contribution in [1.29, 1.82) is 0 Å². The van der Waals surface area contributed by atoms with Gasteiger partial charge in [-0.05, 0) is 32.4 Å². The Labute approximate surface area is 151 Å². The van der Waals surface area contributed by atoms with E-state index in [-0.39, 0.29) is 17.2 Å². The van der Waals surface area contributed by atoms with Crippen molar-refractivity contribution in [3.63, 3.8) is 0 Å². The van der Waals surface area contributed by atoms with Gasteiger partial charge in [-0.1, -0.05) is 64.0 Å². The van der Waals surface area contributed by atoms with Gasteiger partial charge >= 0.3 is 11.9 Å². The summed E-state index contributed by atoms with van der Waals surface area (Å²) in [4.78, 5) is 24.3. The van der Waals surface area contributed by atoms with Crippen LogP contribution in [0.2, 0.25) is 0 Å². The molecule has 1 aromatic carbocycles. The zero-order valence-corrected chi connectivity index (χ0v) is 15.9. The van der Waals surface area contributed by atoms with Crippen molar-refractivity contribution in [2.75, 3.05) is 6.61 Å². The van der Waals surface area contributed by atoms with Gasteiger partial charge in [-0.15, -0.1) is 0 Å². The van der Waals surface area contributed by atoms with Gasteiger partial charge in [0.15, 0.2) is 0 Å². The molecule has 0 unspecified atom stereocenters. The zero-order chi connectivity index (χ0) is 18.5. The molecule has 1 rings (SSSR count). The third-order valence-corrected chi connectivity index (χ3v) is 3.94. The van der Waals surface area contributed by atoms with Gasteiger partial charge in [0.25, 0.3) is 0 Å². The molecular formula is C21H32O4. The highest BCUT2D eigenvalue weighted by atomic mass is 16.5. The molecule has 0 atom stereocenters. The summed E-state index contributed by atoms with van der Waals surface area (Å²) in [5.74, 6) is -0.950. The fourth-order valence-corrected chi connectivity index (χ4v) is 2.60. The van der Waals surface area contributed by atoms with Crippen molar-refractivity contribution in [3.05, 3.63) is 35.4 Å². The van der Waals surface area contributed by atoms with Gasteiger partial charge in [-0.25, -0.2) is 9.59 Å². The second kappa shape index (κ2) is 12.5. The molecule has 0 saturated heterocycles. The second-order valence-electron chi connectivity index (χ2n) is 6.61. The molecule has 25 heavy (non-hydrogen) atoms. The Morgan fingerprint density at radius 1 is 0.840 bits per heavy atom. The molecule has 140 valence electrons. The molecule has 1 aromatic rings. The summed E-state index contributed by atoms with van der Waals surface area (Å²) in [6.45, 7) is 6.17. The topological polar surface area (TPSA) is 52.6 Å². The maximum Gasteiger partial charge on any atom is 0.339 e. The van der Waals surface area contributed by atoms with E-state index in [9.17, 15) is 9.59 Å². The average Bonchev–Trinajstić information content (AvgIpc) is 2.59. The van der Waals surface area contributed by atoms with E-state index in [1.54, 1.807) is 38.1 Å². The molecule has 0 bridgehead atoms. The number of benzene rings is 1. The van der Waals surface area contributed by atoms with Crippen LogP contribution in [-0.2, 0) is 9.47 Å². The van der Waals surface area contributed by atoms with Crippen LogP contribution in [0.3, 0.4) is 0 Å². The summed E-state index contributed by atoms with van der Waals surface area (Å²) in [7, 11) is 0. The van der Waals surface area contributed by atoms with Gasteiger partial charge in [0.05, 0.1) is 23.8 Å². The fraction of sp³-hybridized carbons (Fsp3) is 0.619. The number of rotatable bonds is 12. The van der Waals surface area contributed by atoms with Crippen LogP contribution in [-0.4, -0.2) is 24.6 Å². The van der Waals surface area contributed by atoms with Crippen molar-refractivity contribution in [2.45, 2.75) is 78.2 Å². The van der Waals surface area contributed by atoms with E-state index < -0.39 is 11.9 Å². The standard InChI is InChI=1S/C21H32O4/c1-4-5-6-7-8-9-10-13-16-24-20(22)18-14-11-12-15-19(18)21(23)25-17(2)3/h11-12,14-15,17H,4-10,13,16H2,1-3H3. The summed E-state index contributed by atoms with van der Waals surface area (Å²) in [6.07, 6.45) is 9.31. The molecule has 4 nitrogen and oxygen atoms in total. The molecule has 0 aliphatic rings. The van der Waals surface area contributed by atoms with Crippen LogP contribution in [0.25, 0.3) is 0 Å². The van der Waals surface area contributed by atoms with Crippen molar-refractivity contribution in [3.8, 4) is 0 Å². The Balaban J connectivity index is 2.34. The van der Waals surface area contributed by atoms with Crippen LogP contribution in [0.5, 0.6) is 0 Å². The molecular weight excluding hydrogens is 316 g/mol. The molecule has 0 aromatic heterocycles. The molecule has 4 heteroatoms. The van der Waals surface area contributed by atoms with Crippen LogP contribution < -0.4 is 0 Å². The van der Waals surface area contributed by atoms with Gasteiger partial charge in [-0.3, -0.25) is 0 Å². The summed E-state index contributed by atoms with van der Waals surface area (Å²) >= 11 is 0. The van der Waals surface area contributed by atoms with Crippen LogP contribution in [0.15, 0.2) is 24.3 Å². The summed E-state index contributed by atoms with van der Waals surface area (Å²) < 4.78 is 10.5. The monoisotopic (exact) mass is 348 g/mol. The van der Waals surface area contributed by atoms with Crippen LogP contribution in [0.4, 0.5) is 0 Å². The largest absolute Gasteiger partial charge is 0.462 e. The van der Waals surface area contributed by atoms with E-state index in [2.05, 4.69) is 6.92 Å². The highest BCUT2D eigenvalue weighted by Gasteiger charge is 2.19. The molecule has 0 N–H and O–H groups in total. The Morgan fingerprint density at radius 3 is 1.92 bits per heavy atom. The maximum atomic E-state index is 12.2. The van der Waals surface area contributed by atoms with E-state index in [0.29, 0.717) is 6.61 Å². The minimum atomic E-state index is -0.491. The number of ether oxygens (including phenoxy) is 2. The van der Waals surface area contributed by atoms with Crippen molar-refractivity contribution < 1.29 is 19.1 Å². The minimum Gasteiger partial charge on any atom is -0.462 e. The first-order valence-corrected chi connectivity index (χ1v) is 9.53. The SMILES string of the molecule is CCCCCCCCCCOC(=O)c1ccccc1C(=O)OC(C)C. The highest BCUT2D eigenvalue weighted by Crippen LogP contribution is 2.14. The number of hydrogen-bond donors (Lipinski definition) is 0. The van der Waals surface area contributed by atoms with E-state index in [0.717, 1.165) is 12.8 Å². The van der Waals surface area contributed by atoms with Gasteiger partial charge < -0.3 is 9.47 Å². The predicted molar refractivity (Wildman–Crippen MR) is 99.9 cm³/mol. The number of unbranched alkanes of at least 4 members (excludes halogenated alkanes) is 7. The van der Waals surface area contributed by atoms with Crippen molar-refractivity contribution in [2.24, 2.45) is 0 Å². The Hall–Kier alpha value is -1.84. The Morgan fingerprint density at radius 2 is 1.36 bits per heavy atom. The summed E-state index contributed by atoms with van der Waals surface area (Å²) in [5, 5.41) is 0. The van der Waals surface area contributed by atoms with Gasteiger partial charge in [0.2, 0.25) is 0 Å². The van der Waals surface area contributed by atoms with Crippen molar-refractivity contribution >= 4 is 11.9 Å². The Kier molecular flexibility index (Phi) is 10.6. The van der Waals surface area contributed by atoms with Crippen LogP contribution >= 0.6 is 0 Å². The molecule has 0 heterocycles. The normalized spacial score (nSPS) is 10.7. The minimum absolute atomic E-state index is 0.228. The third kappa shape index (κ3) is 8.71. The number of carbonyl (C=O) groups is 2. The molecule has 0 aliphatic heterocycles.